The Kier molecular flexibility index (Phi) is 5.92. The van der Waals surface area contributed by atoms with Gasteiger partial charge in [0.2, 0.25) is 5.91 Å². The molecule has 1 saturated heterocycles. The third-order valence-corrected chi connectivity index (χ3v) is 3.59. The molecule has 1 rings (SSSR count). The summed E-state index contributed by atoms with van der Waals surface area (Å²) in [4.78, 5) is 14.0. The highest BCUT2D eigenvalue weighted by Gasteiger charge is 2.30. The van der Waals surface area contributed by atoms with Crippen LogP contribution in [0.5, 0.6) is 0 Å². The monoisotopic (exact) mass is 242 g/mol. The molecule has 4 nitrogen and oxygen atoms in total. The number of aliphatic hydroxyl groups is 1. The highest BCUT2D eigenvalue weighted by molar-refractivity contribution is 5.79. The fraction of sp³-hybridized carbons (Fsp3) is 0.923. The molecule has 2 unspecified atom stereocenters. The predicted octanol–water partition coefficient (Wildman–Crippen LogP) is 1.12. The van der Waals surface area contributed by atoms with Gasteiger partial charge in [-0.3, -0.25) is 4.79 Å². The highest BCUT2D eigenvalue weighted by Crippen LogP contribution is 2.21. The molecular weight excluding hydrogens is 216 g/mol. The van der Waals surface area contributed by atoms with E-state index in [4.69, 9.17) is 5.73 Å². The van der Waals surface area contributed by atoms with E-state index in [1.807, 2.05) is 18.7 Å². The number of hydrogen-bond acceptors (Lipinski definition) is 3. The zero-order valence-corrected chi connectivity index (χ0v) is 11.1. The van der Waals surface area contributed by atoms with E-state index >= 15 is 0 Å². The summed E-state index contributed by atoms with van der Waals surface area (Å²) in [5, 5.41) is 9.21. The van der Waals surface area contributed by atoms with Crippen LogP contribution in [0.1, 0.15) is 46.0 Å². The lowest BCUT2D eigenvalue weighted by atomic mass is 10.0. The lowest BCUT2D eigenvalue weighted by Crippen LogP contribution is -2.40. The van der Waals surface area contributed by atoms with Crippen LogP contribution >= 0.6 is 0 Å². The van der Waals surface area contributed by atoms with Crippen LogP contribution in [-0.2, 0) is 4.79 Å². The molecule has 0 aliphatic carbocycles. The Morgan fingerprint density at radius 1 is 1.47 bits per heavy atom. The Morgan fingerprint density at radius 3 is 2.76 bits per heavy atom. The topological polar surface area (TPSA) is 66.6 Å². The minimum absolute atomic E-state index is 0.0541. The van der Waals surface area contributed by atoms with Crippen molar-refractivity contribution < 1.29 is 9.90 Å². The van der Waals surface area contributed by atoms with E-state index in [2.05, 4.69) is 0 Å². The number of rotatable bonds is 6. The maximum atomic E-state index is 12.2. The van der Waals surface area contributed by atoms with Gasteiger partial charge in [0.25, 0.3) is 0 Å². The standard InChI is InChI=1S/C13H26N2O2/c1-10(5-3-6-11(2)14)13(17)15-8-4-7-12(15)9-16/h10-12,16H,3-9,14H2,1-2H3/t10?,11?,12-/m1/s1. The van der Waals surface area contributed by atoms with Crippen molar-refractivity contribution in [1.82, 2.24) is 4.90 Å². The number of aliphatic hydroxyl groups excluding tert-OH is 1. The SMILES string of the molecule is CC(N)CCCC(C)C(=O)N1CCC[C@@H]1CO. The molecule has 0 radical (unpaired) electrons. The van der Waals surface area contributed by atoms with E-state index in [1.54, 1.807) is 0 Å². The van der Waals surface area contributed by atoms with E-state index in [0.29, 0.717) is 0 Å². The smallest absolute Gasteiger partial charge is 0.225 e. The van der Waals surface area contributed by atoms with E-state index < -0.39 is 0 Å². The third-order valence-electron chi connectivity index (χ3n) is 3.59. The van der Waals surface area contributed by atoms with Crippen LogP contribution in [-0.4, -0.2) is 41.1 Å². The summed E-state index contributed by atoms with van der Waals surface area (Å²) in [7, 11) is 0. The third kappa shape index (κ3) is 4.28. The van der Waals surface area contributed by atoms with Crippen molar-refractivity contribution in [3.05, 3.63) is 0 Å². The summed E-state index contributed by atoms with van der Waals surface area (Å²) in [6.07, 6.45) is 4.83. The lowest BCUT2D eigenvalue weighted by molar-refractivity contribution is -0.136. The predicted molar refractivity (Wildman–Crippen MR) is 68.5 cm³/mol. The van der Waals surface area contributed by atoms with Crippen molar-refractivity contribution in [3.63, 3.8) is 0 Å². The number of carbonyl (C=O) groups excluding carboxylic acids is 1. The highest BCUT2D eigenvalue weighted by atomic mass is 16.3. The maximum absolute atomic E-state index is 12.2. The largest absolute Gasteiger partial charge is 0.394 e. The summed E-state index contributed by atoms with van der Waals surface area (Å²) < 4.78 is 0. The molecule has 1 amide bonds. The molecule has 1 fully saturated rings. The number of amides is 1. The van der Waals surface area contributed by atoms with Gasteiger partial charge in [0.1, 0.15) is 0 Å². The second-order valence-corrected chi connectivity index (χ2v) is 5.32. The summed E-state index contributed by atoms with van der Waals surface area (Å²) in [6.45, 7) is 4.88. The molecule has 0 bridgehead atoms. The Balaban J connectivity index is 2.35. The van der Waals surface area contributed by atoms with Gasteiger partial charge in [0, 0.05) is 18.5 Å². The first-order chi connectivity index (χ1) is 8.06. The molecule has 0 spiro atoms. The molecule has 0 aromatic carbocycles. The van der Waals surface area contributed by atoms with Crippen molar-refractivity contribution in [2.75, 3.05) is 13.2 Å². The Hall–Kier alpha value is -0.610. The molecule has 1 heterocycles. The molecule has 100 valence electrons. The second-order valence-electron chi connectivity index (χ2n) is 5.32. The minimum atomic E-state index is 0.0541. The Bertz CT molecular complexity index is 244. The van der Waals surface area contributed by atoms with Crippen LogP contribution in [0.4, 0.5) is 0 Å². The van der Waals surface area contributed by atoms with Crippen LogP contribution in [0, 0.1) is 5.92 Å². The Labute approximate surface area is 104 Å². The maximum Gasteiger partial charge on any atom is 0.225 e. The van der Waals surface area contributed by atoms with Crippen molar-refractivity contribution in [1.29, 1.82) is 0 Å². The Morgan fingerprint density at radius 2 is 2.18 bits per heavy atom. The molecule has 0 aromatic heterocycles. The molecule has 1 aliphatic heterocycles. The number of carbonyl (C=O) groups is 1. The van der Waals surface area contributed by atoms with Gasteiger partial charge in [0.05, 0.1) is 12.6 Å². The fourth-order valence-electron chi connectivity index (χ4n) is 2.47. The van der Waals surface area contributed by atoms with Crippen molar-refractivity contribution in [2.24, 2.45) is 11.7 Å². The minimum Gasteiger partial charge on any atom is -0.394 e. The van der Waals surface area contributed by atoms with Crippen LogP contribution in [0.25, 0.3) is 0 Å². The van der Waals surface area contributed by atoms with Crippen LogP contribution < -0.4 is 5.73 Å². The van der Waals surface area contributed by atoms with Crippen LogP contribution in [0.2, 0.25) is 0 Å². The zero-order valence-electron chi connectivity index (χ0n) is 11.1. The average molecular weight is 242 g/mol. The number of nitrogens with zero attached hydrogens (tertiary/aromatic N) is 1. The van der Waals surface area contributed by atoms with Crippen LogP contribution in [0.3, 0.4) is 0 Å². The first kappa shape index (κ1) is 14.5. The second kappa shape index (κ2) is 6.97. The van der Waals surface area contributed by atoms with Gasteiger partial charge >= 0.3 is 0 Å². The summed E-state index contributed by atoms with van der Waals surface area (Å²) in [5.41, 5.74) is 5.69. The quantitative estimate of drug-likeness (QED) is 0.733. The van der Waals surface area contributed by atoms with Crippen molar-refractivity contribution in [3.8, 4) is 0 Å². The van der Waals surface area contributed by atoms with E-state index in [1.165, 1.54) is 0 Å². The first-order valence-corrected chi connectivity index (χ1v) is 6.73. The molecule has 1 aliphatic rings. The molecule has 0 saturated carbocycles. The van der Waals surface area contributed by atoms with Gasteiger partial charge in [-0.25, -0.2) is 0 Å². The summed E-state index contributed by atoms with van der Waals surface area (Å²) in [5.74, 6) is 0.257. The lowest BCUT2D eigenvalue weighted by Gasteiger charge is -2.26. The van der Waals surface area contributed by atoms with Gasteiger partial charge in [-0.15, -0.1) is 0 Å². The number of likely N-dealkylation sites (tertiary alicyclic amines) is 1. The molecule has 3 atom stereocenters. The number of hydrogen-bond donors (Lipinski definition) is 2. The van der Waals surface area contributed by atoms with E-state index in [9.17, 15) is 9.90 Å². The van der Waals surface area contributed by atoms with E-state index in [0.717, 1.165) is 38.6 Å². The van der Waals surface area contributed by atoms with Crippen LogP contribution in [0.15, 0.2) is 0 Å². The van der Waals surface area contributed by atoms with Gasteiger partial charge in [0.15, 0.2) is 0 Å². The molecule has 4 heteroatoms. The van der Waals surface area contributed by atoms with Crippen molar-refractivity contribution >= 4 is 5.91 Å². The van der Waals surface area contributed by atoms with Gasteiger partial charge in [-0.2, -0.15) is 0 Å². The molecular formula is C13H26N2O2. The molecule has 17 heavy (non-hydrogen) atoms. The zero-order chi connectivity index (χ0) is 12.8. The average Bonchev–Trinajstić information content (AvgIpc) is 2.75. The summed E-state index contributed by atoms with van der Waals surface area (Å²) >= 11 is 0. The van der Waals surface area contributed by atoms with E-state index in [-0.39, 0.29) is 30.5 Å². The molecule has 0 aromatic rings. The normalized spacial score (nSPS) is 23.8. The van der Waals surface area contributed by atoms with Gasteiger partial charge in [-0.05, 0) is 32.6 Å². The fourth-order valence-corrected chi connectivity index (χ4v) is 2.47. The summed E-state index contributed by atoms with van der Waals surface area (Å²) in [6, 6.07) is 0.271. The van der Waals surface area contributed by atoms with Gasteiger partial charge < -0.3 is 15.7 Å². The van der Waals surface area contributed by atoms with Gasteiger partial charge in [-0.1, -0.05) is 13.3 Å². The van der Waals surface area contributed by atoms with Crippen molar-refractivity contribution in [2.45, 2.75) is 58.0 Å². The molecule has 3 N–H and O–H groups in total. The first-order valence-electron chi connectivity index (χ1n) is 6.73. The number of nitrogens with two attached hydrogens (primary N) is 1.